The Kier molecular flexibility index (Phi) is 2.76. The van der Waals surface area contributed by atoms with Crippen LogP contribution in [-0.2, 0) is 11.2 Å². The van der Waals surface area contributed by atoms with Crippen LogP contribution in [0.1, 0.15) is 36.8 Å². The van der Waals surface area contributed by atoms with E-state index in [0.29, 0.717) is 18.3 Å². The molecule has 0 heterocycles. The van der Waals surface area contributed by atoms with Gasteiger partial charge in [-0.15, -0.1) is 0 Å². The first-order valence-corrected chi connectivity index (χ1v) is 5.52. The van der Waals surface area contributed by atoms with Crippen LogP contribution in [0.15, 0.2) is 24.3 Å². The Balaban J connectivity index is 2.24. The van der Waals surface area contributed by atoms with Crippen molar-refractivity contribution in [1.82, 2.24) is 0 Å². The molecular weight excluding hydrogens is 188 g/mol. The van der Waals surface area contributed by atoms with Gasteiger partial charge in [-0.3, -0.25) is 4.79 Å². The van der Waals surface area contributed by atoms with Crippen molar-refractivity contribution >= 4 is 5.97 Å². The van der Waals surface area contributed by atoms with Crippen molar-refractivity contribution in [2.24, 2.45) is 5.92 Å². The molecule has 2 unspecified atom stereocenters. The molecule has 0 spiro atoms. The maximum absolute atomic E-state index is 10.8. The molecule has 15 heavy (non-hydrogen) atoms. The highest BCUT2D eigenvalue weighted by atomic mass is 16.4. The van der Waals surface area contributed by atoms with Crippen molar-refractivity contribution in [3.63, 3.8) is 0 Å². The zero-order chi connectivity index (χ0) is 10.8. The molecule has 2 atom stereocenters. The number of carboxylic acids is 1. The molecule has 0 amide bonds. The molecule has 1 aliphatic carbocycles. The lowest BCUT2D eigenvalue weighted by Crippen LogP contribution is -2.12. The fraction of sp³-hybridized carbons (Fsp3) is 0.462. The van der Waals surface area contributed by atoms with Crippen molar-refractivity contribution in [2.45, 2.75) is 32.1 Å². The van der Waals surface area contributed by atoms with E-state index in [0.717, 1.165) is 12.8 Å². The summed E-state index contributed by atoms with van der Waals surface area (Å²) in [6, 6.07) is 8.35. The van der Waals surface area contributed by atoms with Gasteiger partial charge in [0.2, 0.25) is 0 Å². The lowest BCUT2D eigenvalue weighted by atomic mass is 9.88. The molecule has 0 saturated carbocycles. The minimum Gasteiger partial charge on any atom is -0.481 e. The number of hydrogen-bond donors (Lipinski definition) is 1. The molecule has 0 aromatic heterocycles. The highest BCUT2D eigenvalue weighted by Gasteiger charge is 2.31. The molecule has 80 valence electrons. The van der Waals surface area contributed by atoms with Gasteiger partial charge in [0.15, 0.2) is 0 Å². The van der Waals surface area contributed by atoms with Crippen LogP contribution in [0.5, 0.6) is 0 Å². The molecule has 1 aromatic rings. The number of benzene rings is 1. The molecule has 1 aromatic carbocycles. The second-order valence-electron chi connectivity index (χ2n) is 4.28. The maximum Gasteiger partial charge on any atom is 0.303 e. The van der Waals surface area contributed by atoms with Gasteiger partial charge < -0.3 is 5.11 Å². The van der Waals surface area contributed by atoms with Crippen LogP contribution in [0.2, 0.25) is 0 Å². The third kappa shape index (κ3) is 1.89. The number of aliphatic carboxylic acids is 1. The molecule has 0 fully saturated rings. The number of carbonyl (C=O) groups is 1. The lowest BCUT2D eigenvalue weighted by Gasteiger charge is -2.16. The van der Waals surface area contributed by atoms with Crippen LogP contribution < -0.4 is 0 Å². The molecule has 1 N–H and O–H groups in total. The monoisotopic (exact) mass is 204 g/mol. The summed E-state index contributed by atoms with van der Waals surface area (Å²) in [4.78, 5) is 10.8. The van der Waals surface area contributed by atoms with Gasteiger partial charge >= 0.3 is 5.97 Å². The number of carboxylic acid groups (broad SMARTS) is 1. The van der Waals surface area contributed by atoms with E-state index in [1.165, 1.54) is 11.1 Å². The quantitative estimate of drug-likeness (QED) is 0.822. The Bertz CT molecular complexity index is 371. The summed E-state index contributed by atoms with van der Waals surface area (Å²) in [7, 11) is 0. The van der Waals surface area contributed by atoms with Gasteiger partial charge in [0.05, 0.1) is 0 Å². The van der Waals surface area contributed by atoms with Crippen molar-refractivity contribution in [3.05, 3.63) is 35.4 Å². The molecule has 2 nitrogen and oxygen atoms in total. The maximum atomic E-state index is 10.8. The third-order valence-corrected chi connectivity index (χ3v) is 3.38. The summed E-state index contributed by atoms with van der Waals surface area (Å²) in [5.41, 5.74) is 2.71. The van der Waals surface area contributed by atoms with Gasteiger partial charge in [0.25, 0.3) is 0 Å². The van der Waals surface area contributed by atoms with Gasteiger partial charge in [-0.25, -0.2) is 0 Å². The highest BCUT2D eigenvalue weighted by molar-refractivity contribution is 5.67. The largest absolute Gasteiger partial charge is 0.481 e. The van der Waals surface area contributed by atoms with E-state index in [-0.39, 0.29) is 0 Å². The third-order valence-electron chi connectivity index (χ3n) is 3.38. The van der Waals surface area contributed by atoms with E-state index >= 15 is 0 Å². The summed E-state index contributed by atoms with van der Waals surface area (Å²) in [5, 5.41) is 8.87. The zero-order valence-corrected chi connectivity index (χ0v) is 8.94. The summed E-state index contributed by atoms with van der Waals surface area (Å²) in [5.74, 6) is 0.0634. The molecule has 0 bridgehead atoms. The summed E-state index contributed by atoms with van der Waals surface area (Å²) >= 11 is 0. The van der Waals surface area contributed by atoms with E-state index < -0.39 is 5.97 Å². The summed E-state index contributed by atoms with van der Waals surface area (Å²) in [6.07, 6.45) is 2.27. The van der Waals surface area contributed by atoms with Crippen molar-refractivity contribution in [1.29, 1.82) is 0 Å². The Hall–Kier alpha value is -1.31. The predicted molar refractivity (Wildman–Crippen MR) is 58.9 cm³/mol. The predicted octanol–water partition coefficient (Wildman–Crippen LogP) is 2.83. The average molecular weight is 204 g/mol. The molecule has 0 aliphatic heterocycles. The smallest absolute Gasteiger partial charge is 0.303 e. The molecule has 2 heteroatoms. The molecular formula is C13H16O2. The van der Waals surface area contributed by atoms with Crippen LogP contribution in [-0.4, -0.2) is 11.1 Å². The Morgan fingerprint density at radius 2 is 2.20 bits per heavy atom. The Morgan fingerprint density at radius 1 is 1.47 bits per heavy atom. The van der Waals surface area contributed by atoms with Gasteiger partial charge in [-0.2, -0.15) is 0 Å². The van der Waals surface area contributed by atoms with Gasteiger partial charge in [-0.1, -0.05) is 31.2 Å². The molecule has 0 saturated heterocycles. The minimum absolute atomic E-state index is 0.296. The van der Waals surface area contributed by atoms with Gasteiger partial charge in [0.1, 0.15) is 0 Å². The van der Waals surface area contributed by atoms with Crippen molar-refractivity contribution in [3.8, 4) is 0 Å². The SMILES string of the molecule is CCC1c2ccccc2CC1CC(=O)O. The lowest BCUT2D eigenvalue weighted by molar-refractivity contribution is -0.138. The number of fused-ring (bicyclic) bond motifs is 1. The van der Waals surface area contributed by atoms with Crippen LogP contribution in [0.25, 0.3) is 0 Å². The van der Waals surface area contributed by atoms with Gasteiger partial charge in [-0.05, 0) is 35.8 Å². The molecule has 1 aliphatic rings. The Labute approximate surface area is 89.9 Å². The zero-order valence-electron chi connectivity index (χ0n) is 8.94. The number of hydrogen-bond acceptors (Lipinski definition) is 1. The molecule has 2 rings (SSSR count). The van der Waals surface area contributed by atoms with Crippen LogP contribution >= 0.6 is 0 Å². The summed E-state index contributed by atoms with van der Waals surface area (Å²) in [6.45, 7) is 2.14. The average Bonchev–Trinajstić information content (AvgIpc) is 2.53. The fourth-order valence-corrected chi connectivity index (χ4v) is 2.75. The summed E-state index contributed by atoms with van der Waals surface area (Å²) < 4.78 is 0. The van der Waals surface area contributed by atoms with E-state index in [1.807, 2.05) is 12.1 Å². The first-order chi connectivity index (χ1) is 7.22. The number of rotatable bonds is 3. The van der Waals surface area contributed by atoms with E-state index in [1.54, 1.807) is 0 Å². The minimum atomic E-state index is -0.675. The first kappa shape index (κ1) is 10.2. The van der Waals surface area contributed by atoms with E-state index in [4.69, 9.17) is 5.11 Å². The van der Waals surface area contributed by atoms with Crippen molar-refractivity contribution < 1.29 is 9.90 Å². The van der Waals surface area contributed by atoms with E-state index in [2.05, 4.69) is 19.1 Å². The van der Waals surface area contributed by atoms with Crippen LogP contribution in [0.3, 0.4) is 0 Å². The van der Waals surface area contributed by atoms with E-state index in [9.17, 15) is 4.79 Å². The Morgan fingerprint density at radius 3 is 2.87 bits per heavy atom. The second kappa shape index (κ2) is 4.05. The fourth-order valence-electron chi connectivity index (χ4n) is 2.75. The first-order valence-electron chi connectivity index (χ1n) is 5.52. The van der Waals surface area contributed by atoms with Crippen LogP contribution in [0.4, 0.5) is 0 Å². The topological polar surface area (TPSA) is 37.3 Å². The van der Waals surface area contributed by atoms with Crippen LogP contribution in [0, 0.1) is 5.92 Å². The standard InChI is InChI=1S/C13H16O2/c1-2-11-10(8-13(14)15)7-9-5-3-4-6-12(9)11/h3-6,10-11H,2,7-8H2,1H3,(H,14,15). The van der Waals surface area contributed by atoms with Gasteiger partial charge in [0, 0.05) is 6.42 Å². The normalized spacial score (nSPS) is 23.8. The second-order valence-corrected chi connectivity index (χ2v) is 4.28. The molecule has 0 radical (unpaired) electrons. The highest BCUT2D eigenvalue weighted by Crippen LogP contribution is 2.41. The van der Waals surface area contributed by atoms with Crippen molar-refractivity contribution in [2.75, 3.05) is 0 Å².